The first kappa shape index (κ1) is 15.8. The summed E-state index contributed by atoms with van der Waals surface area (Å²) in [5.74, 6) is 0.892. The Bertz CT molecular complexity index is 863. The number of rotatable bonds is 2. The quantitative estimate of drug-likeness (QED) is 0.719. The zero-order valence-electron chi connectivity index (χ0n) is 14.9. The van der Waals surface area contributed by atoms with Crippen LogP contribution in [0, 0.1) is 0 Å². The Hall–Kier alpha value is -2.69. The molecule has 5 heteroatoms. The van der Waals surface area contributed by atoms with Crippen molar-refractivity contribution in [3.8, 4) is 0 Å². The van der Waals surface area contributed by atoms with Gasteiger partial charge in [-0.1, -0.05) is 42.5 Å². The Morgan fingerprint density at radius 2 is 1.68 bits per heavy atom. The molecule has 25 heavy (non-hydrogen) atoms. The van der Waals surface area contributed by atoms with Gasteiger partial charge in [-0.15, -0.1) is 5.10 Å². The lowest BCUT2D eigenvalue weighted by atomic mass is 9.91. The van der Waals surface area contributed by atoms with Crippen molar-refractivity contribution in [3.63, 3.8) is 0 Å². The summed E-state index contributed by atoms with van der Waals surface area (Å²) in [6.07, 6.45) is 1.03. The predicted octanol–water partition coefficient (Wildman–Crippen LogP) is 3.58. The van der Waals surface area contributed by atoms with Crippen LogP contribution in [0.2, 0.25) is 0 Å². The van der Waals surface area contributed by atoms with Gasteiger partial charge in [-0.05, 0) is 60.9 Å². The minimum atomic E-state index is -0.173. The summed E-state index contributed by atoms with van der Waals surface area (Å²) in [4.78, 5) is 2.41. The van der Waals surface area contributed by atoms with Crippen molar-refractivity contribution in [2.45, 2.75) is 38.8 Å². The van der Waals surface area contributed by atoms with Gasteiger partial charge in [0.1, 0.15) is 6.04 Å². The van der Waals surface area contributed by atoms with Gasteiger partial charge < -0.3 is 4.90 Å². The monoisotopic (exact) mass is 333 g/mol. The fourth-order valence-electron chi connectivity index (χ4n) is 3.58. The van der Waals surface area contributed by atoms with Crippen molar-refractivity contribution in [2.24, 2.45) is 0 Å². The Labute approximate surface area is 148 Å². The van der Waals surface area contributed by atoms with Gasteiger partial charge in [0.25, 0.3) is 0 Å². The summed E-state index contributed by atoms with van der Waals surface area (Å²) in [6.45, 7) is 7.35. The number of nitrogens with zero attached hydrogens (tertiary/aromatic N) is 5. The molecule has 0 bridgehead atoms. The average molecular weight is 333 g/mol. The number of hydrogen-bond donors (Lipinski definition) is 0. The van der Waals surface area contributed by atoms with Gasteiger partial charge in [-0.25, -0.2) is 4.68 Å². The zero-order chi connectivity index (χ0) is 17.4. The third kappa shape index (κ3) is 2.80. The van der Waals surface area contributed by atoms with Crippen LogP contribution in [0.1, 0.15) is 43.8 Å². The first-order chi connectivity index (χ1) is 12.1. The second-order valence-corrected chi connectivity index (χ2v) is 7.50. The maximum Gasteiger partial charge on any atom is 0.178 e. The van der Waals surface area contributed by atoms with E-state index in [1.165, 1.54) is 16.8 Å². The fraction of sp³-hybridized carbons (Fsp3) is 0.350. The topological polar surface area (TPSA) is 46.8 Å². The maximum absolute atomic E-state index is 4.44. The zero-order valence-corrected chi connectivity index (χ0v) is 14.9. The highest BCUT2D eigenvalue weighted by atomic mass is 15.6. The van der Waals surface area contributed by atoms with Crippen molar-refractivity contribution < 1.29 is 0 Å². The van der Waals surface area contributed by atoms with E-state index < -0.39 is 0 Å². The molecule has 2 aromatic carbocycles. The lowest BCUT2D eigenvalue weighted by Crippen LogP contribution is -2.39. The standard InChI is InChI=1S/C20H23N5/c1-20(2,3)25-19(21-22-23-25)18-17-12-8-7-9-15(17)13-14-24(18)16-10-5-4-6-11-16/h4-12,18H,13-14H2,1-3H3. The first-order valence-electron chi connectivity index (χ1n) is 8.74. The highest BCUT2D eigenvalue weighted by Crippen LogP contribution is 2.38. The molecule has 1 aliphatic rings. The Balaban J connectivity index is 1.89. The molecule has 4 rings (SSSR count). The van der Waals surface area contributed by atoms with Gasteiger partial charge in [0, 0.05) is 12.2 Å². The van der Waals surface area contributed by atoms with Gasteiger partial charge in [-0.3, -0.25) is 0 Å². The van der Waals surface area contributed by atoms with Crippen LogP contribution in [-0.2, 0) is 12.0 Å². The number of para-hydroxylation sites is 1. The third-order valence-electron chi connectivity index (χ3n) is 4.74. The van der Waals surface area contributed by atoms with E-state index >= 15 is 0 Å². The van der Waals surface area contributed by atoms with Crippen molar-refractivity contribution in [1.29, 1.82) is 0 Å². The molecule has 0 amide bonds. The summed E-state index contributed by atoms with van der Waals surface area (Å²) in [5.41, 5.74) is 3.69. The van der Waals surface area contributed by atoms with Crippen LogP contribution >= 0.6 is 0 Å². The van der Waals surface area contributed by atoms with E-state index in [0.717, 1.165) is 18.8 Å². The second-order valence-electron chi connectivity index (χ2n) is 7.50. The van der Waals surface area contributed by atoms with Gasteiger partial charge in [0.2, 0.25) is 0 Å². The molecule has 2 heterocycles. The van der Waals surface area contributed by atoms with Crippen LogP contribution in [0.4, 0.5) is 5.69 Å². The molecule has 1 aromatic heterocycles. The normalized spacial score (nSPS) is 17.4. The maximum atomic E-state index is 4.44. The molecule has 0 radical (unpaired) electrons. The van der Waals surface area contributed by atoms with E-state index in [4.69, 9.17) is 0 Å². The largest absolute Gasteiger partial charge is 0.357 e. The molecule has 0 aliphatic carbocycles. The summed E-state index contributed by atoms with van der Waals surface area (Å²) in [5, 5.41) is 12.7. The summed E-state index contributed by atoms with van der Waals surface area (Å²) in [7, 11) is 0. The minimum absolute atomic E-state index is 0.0153. The molecular formula is C20H23N5. The average Bonchev–Trinajstić information content (AvgIpc) is 3.11. The van der Waals surface area contributed by atoms with Gasteiger partial charge in [0.05, 0.1) is 5.54 Å². The van der Waals surface area contributed by atoms with Crippen LogP contribution in [0.5, 0.6) is 0 Å². The van der Waals surface area contributed by atoms with E-state index in [9.17, 15) is 0 Å². The number of fused-ring (bicyclic) bond motifs is 1. The number of hydrogen-bond acceptors (Lipinski definition) is 4. The molecule has 0 spiro atoms. The number of anilines is 1. The van der Waals surface area contributed by atoms with E-state index in [0.29, 0.717) is 0 Å². The second kappa shape index (κ2) is 5.99. The SMILES string of the molecule is CC(C)(C)n1nnnc1C1c2ccccc2CCN1c1ccccc1. The number of aromatic nitrogens is 4. The third-order valence-corrected chi connectivity index (χ3v) is 4.74. The van der Waals surface area contributed by atoms with Crippen LogP contribution in [0.25, 0.3) is 0 Å². The highest BCUT2D eigenvalue weighted by Gasteiger charge is 2.35. The van der Waals surface area contributed by atoms with Crippen molar-refractivity contribution in [3.05, 3.63) is 71.5 Å². The molecule has 0 fully saturated rings. The van der Waals surface area contributed by atoms with E-state index in [-0.39, 0.29) is 11.6 Å². The summed E-state index contributed by atoms with van der Waals surface area (Å²) in [6, 6.07) is 19.2. The number of benzene rings is 2. The van der Waals surface area contributed by atoms with E-state index in [1.54, 1.807) is 0 Å². The van der Waals surface area contributed by atoms with Crippen molar-refractivity contribution in [1.82, 2.24) is 20.2 Å². The first-order valence-corrected chi connectivity index (χ1v) is 8.74. The lowest BCUT2D eigenvalue weighted by molar-refractivity contribution is 0.328. The van der Waals surface area contributed by atoms with E-state index in [2.05, 4.69) is 95.8 Å². The summed E-state index contributed by atoms with van der Waals surface area (Å²) < 4.78 is 1.95. The fourth-order valence-corrected chi connectivity index (χ4v) is 3.58. The van der Waals surface area contributed by atoms with Crippen molar-refractivity contribution >= 4 is 5.69 Å². The molecule has 0 saturated heterocycles. The number of tetrazole rings is 1. The Kier molecular flexibility index (Phi) is 3.79. The van der Waals surface area contributed by atoms with Crippen LogP contribution in [0.3, 0.4) is 0 Å². The van der Waals surface area contributed by atoms with Crippen LogP contribution in [-0.4, -0.2) is 26.8 Å². The molecule has 1 aliphatic heterocycles. The Morgan fingerprint density at radius 3 is 2.44 bits per heavy atom. The molecule has 0 N–H and O–H groups in total. The van der Waals surface area contributed by atoms with Crippen LogP contribution in [0.15, 0.2) is 54.6 Å². The van der Waals surface area contributed by atoms with Gasteiger partial charge >= 0.3 is 0 Å². The molecule has 5 nitrogen and oxygen atoms in total. The molecule has 128 valence electrons. The van der Waals surface area contributed by atoms with Gasteiger partial charge in [0.15, 0.2) is 5.82 Å². The van der Waals surface area contributed by atoms with Gasteiger partial charge in [-0.2, -0.15) is 0 Å². The van der Waals surface area contributed by atoms with E-state index in [1.807, 2.05) is 4.68 Å². The Morgan fingerprint density at radius 1 is 0.960 bits per heavy atom. The van der Waals surface area contributed by atoms with Crippen LogP contribution < -0.4 is 4.90 Å². The predicted molar refractivity (Wildman–Crippen MR) is 98.6 cm³/mol. The summed E-state index contributed by atoms with van der Waals surface area (Å²) >= 11 is 0. The molecule has 3 aromatic rings. The lowest BCUT2D eigenvalue weighted by Gasteiger charge is -2.39. The molecular weight excluding hydrogens is 310 g/mol. The van der Waals surface area contributed by atoms with Crippen molar-refractivity contribution in [2.75, 3.05) is 11.4 Å². The minimum Gasteiger partial charge on any atom is -0.357 e. The molecule has 1 unspecified atom stereocenters. The smallest absolute Gasteiger partial charge is 0.178 e. The molecule has 1 atom stereocenters. The highest BCUT2D eigenvalue weighted by molar-refractivity contribution is 5.54. The molecule has 0 saturated carbocycles.